The summed E-state index contributed by atoms with van der Waals surface area (Å²) >= 11 is 2.46. The van der Waals surface area contributed by atoms with Crippen molar-refractivity contribution in [3.05, 3.63) is 34.5 Å². The Morgan fingerprint density at radius 2 is 2.26 bits per heavy atom. The molecule has 1 fully saturated rings. The Hall–Kier alpha value is -2.18. The van der Waals surface area contributed by atoms with E-state index in [0.717, 1.165) is 11.8 Å². The Morgan fingerprint density at radius 1 is 1.48 bits per heavy atom. The molecule has 1 unspecified atom stereocenters. The number of amides is 2. The van der Waals surface area contributed by atoms with Crippen LogP contribution in [0.25, 0.3) is 10.2 Å². The summed E-state index contributed by atoms with van der Waals surface area (Å²) in [6.45, 7) is 5.89. The molecule has 0 aromatic carbocycles. The number of thioether (sulfide) groups is 1. The predicted molar refractivity (Wildman–Crippen MR) is 122 cm³/mol. The van der Waals surface area contributed by atoms with Crippen LogP contribution in [0.15, 0.2) is 34.1 Å². The van der Waals surface area contributed by atoms with Crippen molar-refractivity contribution < 1.29 is 18.0 Å². The highest BCUT2D eigenvalue weighted by Gasteiger charge is 2.29. The molecule has 3 rings (SSSR count). The van der Waals surface area contributed by atoms with Gasteiger partial charge < -0.3 is 10.2 Å². The molecule has 0 spiro atoms. The molecule has 31 heavy (non-hydrogen) atoms. The third kappa shape index (κ3) is 5.74. The van der Waals surface area contributed by atoms with Crippen LogP contribution in [0, 0.1) is 0 Å². The van der Waals surface area contributed by atoms with Crippen molar-refractivity contribution in [3.63, 3.8) is 0 Å². The van der Waals surface area contributed by atoms with E-state index in [-0.39, 0.29) is 47.7 Å². The maximum atomic E-state index is 12.7. The molecular weight excluding hydrogens is 460 g/mol. The fraction of sp³-hybridized carbons (Fsp3) is 0.474. The van der Waals surface area contributed by atoms with Crippen LogP contribution < -0.4 is 10.9 Å². The number of hydrogen-bond acceptors (Lipinski definition) is 8. The quantitative estimate of drug-likeness (QED) is 0.319. The fourth-order valence-corrected chi connectivity index (χ4v) is 6.64. The van der Waals surface area contributed by atoms with Crippen LogP contribution >= 0.6 is 23.1 Å². The summed E-state index contributed by atoms with van der Waals surface area (Å²) < 4.78 is 25.1. The normalized spacial score (nSPS) is 17.5. The largest absolute Gasteiger partial charge is 0.351 e. The van der Waals surface area contributed by atoms with Gasteiger partial charge in [-0.25, -0.2) is 13.4 Å². The van der Waals surface area contributed by atoms with Crippen molar-refractivity contribution in [1.29, 1.82) is 0 Å². The van der Waals surface area contributed by atoms with Crippen molar-refractivity contribution in [2.24, 2.45) is 0 Å². The summed E-state index contributed by atoms with van der Waals surface area (Å²) in [7, 11) is -3.09. The first kappa shape index (κ1) is 23.5. The highest BCUT2D eigenvalue weighted by Crippen LogP contribution is 2.21. The smallest absolute Gasteiger partial charge is 0.272 e. The zero-order valence-corrected chi connectivity index (χ0v) is 19.5. The molecule has 3 heterocycles. The SMILES string of the molecule is C=CCn1c(SCC(=O)N(CC)CC(=O)NC2CCS(=O)(=O)C2)nc2ccsc2c1=O. The lowest BCUT2D eigenvalue weighted by atomic mass is 10.2. The minimum absolute atomic E-state index is 0.0121. The van der Waals surface area contributed by atoms with Crippen LogP contribution in [0.2, 0.25) is 0 Å². The Kier molecular flexibility index (Phi) is 7.55. The zero-order chi connectivity index (χ0) is 22.6. The van der Waals surface area contributed by atoms with Gasteiger partial charge in [-0.1, -0.05) is 17.8 Å². The van der Waals surface area contributed by atoms with Gasteiger partial charge >= 0.3 is 0 Å². The molecule has 2 aromatic heterocycles. The number of nitrogens with zero attached hydrogens (tertiary/aromatic N) is 3. The van der Waals surface area contributed by atoms with Crippen LogP contribution in [0.3, 0.4) is 0 Å². The number of carbonyl (C=O) groups is 2. The van der Waals surface area contributed by atoms with E-state index < -0.39 is 15.9 Å². The molecule has 1 aliphatic rings. The lowest BCUT2D eigenvalue weighted by Gasteiger charge is -2.21. The van der Waals surface area contributed by atoms with Crippen molar-refractivity contribution in [1.82, 2.24) is 19.8 Å². The lowest BCUT2D eigenvalue weighted by molar-refractivity contribution is -0.134. The van der Waals surface area contributed by atoms with Gasteiger partial charge in [-0.05, 0) is 24.8 Å². The second-order valence-electron chi connectivity index (χ2n) is 7.10. The highest BCUT2D eigenvalue weighted by molar-refractivity contribution is 7.99. The molecule has 0 radical (unpaired) electrons. The van der Waals surface area contributed by atoms with Crippen LogP contribution in [0.4, 0.5) is 0 Å². The van der Waals surface area contributed by atoms with Gasteiger partial charge in [0.25, 0.3) is 5.56 Å². The molecule has 0 aliphatic carbocycles. The van der Waals surface area contributed by atoms with E-state index in [0.29, 0.717) is 28.3 Å². The van der Waals surface area contributed by atoms with Crippen molar-refractivity contribution in [2.45, 2.75) is 31.1 Å². The van der Waals surface area contributed by atoms with E-state index in [1.54, 1.807) is 24.4 Å². The minimum Gasteiger partial charge on any atom is -0.351 e. The van der Waals surface area contributed by atoms with E-state index in [9.17, 15) is 22.8 Å². The monoisotopic (exact) mass is 484 g/mol. The Morgan fingerprint density at radius 3 is 2.90 bits per heavy atom. The van der Waals surface area contributed by atoms with Gasteiger partial charge in [-0.3, -0.25) is 19.0 Å². The van der Waals surface area contributed by atoms with Gasteiger partial charge in [-0.2, -0.15) is 0 Å². The standard InChI is InChI=1S/C19H24N4O5S3/c1-3-7-23-18(26)17-14(5-8-29-17)21-19(23)30-11-16(25)22(4-2)10-15(24)20-13-6-9-31(27,28)12-13/h3,5,8,13H,1,4,6-7,9-12H2,2H3,(H,20,24). The second-order valence-corrected chi connectivity index (χ2v) is 11.2. The molecule has 1 saturated heterocycles. The molecule has 2 aromatic rings. The number of sulfone groups is 1. The number of thiophene rings is 1. The Labute approximate surface area is 188 Å². The molecule has 0 saturated carbocycles. The van der Waals surface area contributed by atoms with E-state index in [1.165, 1.54) is 20.8 Å². The van der Waals surface area contributed by atoms with Gasteiger partial charge in [0.05, 0.1) is 29.3 Å². The molecule has 1 N–H and O–H groups in total. The van der Waals surface area contributed by atoms with Gasteiger partial charge in [0.1, 0.15) is 4.70 Å². The number of rotatable bonds is 9. The van der Waals surface area contributed by atoms with Crippen LogP contribution in [-0.4, -0.2) is 71.1 Å². The second kappa shape index (κ2) is 9.96. The minimum atomic E-state index is -3.09. The number of hydrogen-bond donors (Lipinski definition) is 1. The average molecular weight is 485 g/mol. The Bertz CT molecular complexity index is 1150. The summed E-state index contributed by atoms with van der Waals surface area (Å²) in [6, 6.07) is 1.35. The van der Waals surface area contributed by atoms with E-state index >= 15 is 0 Å². The summed E-state index contributed by atoms with van der Waals surface area (Å²) in [4.78, 5) is 43.5. The van der Waals surface area contributed by atoms with Crippen molar-refractivity contribution in [3.8, 4) is 0 Å². The summed E-state index contributed by atoms with van der Waals surface area (Å²) in [5.41, 5.74) is 0.414. The summed E-state index contributed by atoms with van der Waals surface area (Å²) in [5.74, 6) is -0.640. The number of allylic oxidation sites excluding steroid dienone is 1. The maximum Gasteiger partial charge on any atom is 0.272 e. The predicted octanol–water partition coefficient (Wildman–Crippen LogP) is 0.888. The number of aromatic nitrogens is 2. The molecular formula is C19H24N4O5S3. The Balaban J connectivity index is 1.63. The molecule has 2 amide bonds. The molecule has 12 heteroatoms. The number of likely N-dealkylation sites (N-methyl/N-ethyl adjacent to an activating group) is 1. The maximum absolute atomic E-state index is 12.7. The third-order valence-electron chi connectivity index (χ3n) is 4.83. The van der Waals surface area contributed by atoms with Crippen LogP contribution in [0.5, 0.6) is 0 Å². The lowest BCUT2D eigenvalue weighted by Crippen LogP contribution is -2.45. The first-order valence-corrected chi connectivity index (χ1v) is 13.4. The van der Waals surface area contributed by atoms with Gasteiger partial charge in [0.15, 0.2) is 15.0 Å². The van der Waals surface area contributed by atoms with Gasteiger partial charge in [-0.15, -0.1) is 17.9 Å². The summed E-state index contributed by atoms with van der Waals surface area (Å²) in [6.07, 6.45) is 1.99. The highest BCUT2D eigenvalue weighted by atomic mass is 32.2. The van der Waals surface area contributed by atoms with Crippen LogP contribution in [-0.2, 0) is 26.0 Å². The topological polar surface area (TPSA) is 118 Å². The van der Waals surface area contributed by atoms with Crippen molar-refractivity contribution >= 4 is 55.0 Å². The van der Waals surface area contributed by atoms with Gasteiger partial charge in [0, 0.05) is 19.1 Å². The van der Waals surface area contributed by atoms with Crippen molar-refractivity contribution in [2.75, 3.05) is 30.3 Å². The number of carbonyl (C=O) groups excluding carboxylic acids is 2. The third-order valence-corrected chi connectivity index (χ3v) is 8.45. The van der Waals surface area contributed by atoms with E-state index in [2.05, 4.69) is 16.9 Å². The van der Waals surface area contributed by atoms with E-state index in [4.69, 9.17) is 0 Å². The van der Waals surface area contributed by atoms with Crippen LogP contribution in [0.1, 0.15) is 13.3 Å². The molecule has 0 bridgehead atoms. The summed E-state index contributed by atoms with van der Waals surface area (Å²) in [5, 5.41) is 4.90. The average Bonchev–Trinajstić information content (AvgIpc) is 3.32. The zero-order valence-electron chi connectivity index (χ0n) is 17.1. The number of nitrogens with one attached hydrogen (secondary N) is 1. The molecule has 1 atom stereocenters. The number of fused-ring (bicyclic) bond motifs is 1. The molecule has 1 aliphatic heterocycles. The first-order valence-electron chi connectivity index (χ1n) is 9.73. The molecule has 9 nitrogen and oxygen atoms in total. The first-order chi connectivity index (χ1) is 14.7. The van der Waals surface area contributed by atoms with Gasteiger partial charge in [0.2, 0.25) is 11.8 Å². The molecule has 168 valence electrons. The fourth-order valence-electron chi connectivity index (χ4n) is 3.27. The van der Waals surface area contributed by atoms with E-state index in [1.807, 2.05) is 0 Å².